The van der Waals surface area contributed by atoms with Crippen molar-refractivity contribution < 1.29 is 0 Å². The molecule has 0 spiro atoms. The van der Waals surface area contributed by atoms with Crippen molar-refractivity contribution in [3.63, 3.8) is 0 Å². The van der Waals surface area contributed by atoms with Crippen LogP contribution in [0.5, 0.6) is 0 Å². The zero-order chi connectivity index (χ0) is 16.5. The molecule has 126 valence electrons. The van der Waals surface area contributed by atoms with Gasteiger partial charge >= 0.3 is 0 Å². The predicted octanol–water partition coefficient (Wildman–Crippen LogP) is 5.19. The van der Waals surface area contributed by atoms with Gasteiger partial charge in [-0.05, 0) is 73.8 Å². The molecule has 2 unspecified atom stereocenters. The van der Waals surface area contributed by atoms with Crippen molar-refractivity contribution >= 4 is 35.3 Å². The second-order valence-corrected chi connectivity index (χ2v) is 8.80. The van der Waals surface area contributed by atoms with E-state index in [0.29, 0.717) is 12.1 Å². The Morgan fingerprint density at radius 3 is 1.62 bits per heavy atom. The van der Waals surface area contributed by atoms with E-state index in [1.165, 1.54) is 35.3 Å². The van der Waals surface area contributed by atoms with Gasteiger partial charge in [0.25, 0.3) is 0 Å². The van der Waals surface area contributed by atoms with Gasteiger partial charge in [0.15, 0.2) is 0 Å². The lowest BCUT2D eigenvalue weighted by atomic mass is 10.1. The van der Waals surface area contributed by atoms with Crippen LogP contribution in [0.2, 0.25) is 0 Å². The highest BCUT2D eigenvalue weighted by atomic mass is 32.2. The standard InChI is InChI=1S/C20H24N2S2/c1-15-13-17-7-3-5-9-19(17)21(15)23-11-12-24-22-16(2)14-18-8-4-6-10-20(18)22/h3-10,15-16H,11-14H2,1-2H3. The maximum Gasteiger partial charge on any atom is 0.0505 e. The van der Waals surface area contributed by atoms with E-state index in [9.17, 15) is 0 Å². The van der Waals surface area contributed by atoms with Gasteiger partial charge in [-0.25, -0.2) is 0 Å². The van der Waals surface area contributed by atoms with Crippen LogP contribution in [0.25, 0.3) is 0 Å². The van der Waals surface area contributed by atoms with Gasteiger partial charge in [-0.2, -0.15) is 0 Å². The summed E-state index contributed by atoms with van der Waals surface area (Å²) in [7, 11) is 0. The number of hydrogen-bond donors (Lipinski definition) is 0. The summed E-state index contributed by atoms with van der Waals surface area (Å²) < 4.78 is 5.02. The summed E-state index contributed by atoms with van der Waals surface area (Å²) in [5.41, 5.74) is 5.82. The van der Waals surface area contributed by atoms with Crippen molar-refractivity contribution in [2.24, 2.45) is 0 Å². The van der Waals surface area contributed by atoms with E-state index in [1.807, 2.05) is 23.9 Å². The van der Waals surface area contributed by atoms with E-state index in [4.69, 9.17) is 0 Å². The van der Waals surface area contributed by atoms with E-state index in [-0.39, 0.29) is 0 Å². The van der Waals surface area contributed by atoms with Gasteiger partial charge < -0.3 is 8.61 Å². The molecule has 0 fully saturated rings. The van der Waals surface area contributed by atoms with E-state index in [2.05, 4.69) is 71.0 Å². The molecule has 0 saturated carbocycles. The number of hydrogen-bond acceptors (Lipinski definition) is 4. The highest BCUT2D eigenvalue weighted by Crippen LogP contribution is 2.39. The molecule has 2 atom stereocenters. The van der Waals surface area contributed by atoms with Crippen LogP contribution in [0.1, 0.15) is 25.0 Å². The number of fused-ring (bicyclic) bond motifs is 2. The molecule has 4 rings (SSSR count). The fourth-order valence-corrected chi connectivity index (χ4v) is 6.02. The predicted molar refractivity (Wildman–Crippen MR) is 109 cm³/mol. The molecule has 4 heteroatoms. The molecule has 2 aliphatic heterocycles. The van der Waals surface area contributed by atoms with E-state index < -0.39 is 0 Å². The third-order valence-corrected chi connectivity index (χ3v) is 7.53. The molecule has 0 aromatic heterocycles. The molecule has 2 heterocycles. The monoisotopic (exact) mass is 356 g/mol. The Hall–Kier alpha value is -1.26. The summed E-state index contributed by atoms with van der Waals surface area (Å²) in [5.74, 6) is 2.30. The fourth-order valence-electron chi connectivity index (χ4n) is 3.74. The molecule has 2 aliphatic rings. The van der Waals surface area contributed by atoms with Crippen LogP contribution in [0.15, 0.2) is 48.5 Å². The van der Waals surface area contributed by atoms with Gasteiger partial charge in [-0.3, -0.25) is 0 Å². The third-order valence-electron chi connectivity index (χ3n) is 4.83. The quantitative estimate of drug-likeness (QED) is 0.537. The number of nitrogens with zero attached hydrogens (tertiary/aromatic N) is 2. The van der Waals surface area contributed by atoms with Crippen molar-refractivity contribution in [1.82, 2.24) is 0 Å². The molecule has 0 N–H and O–H groups in total. The first-order valence-corrected chi connectivity index (χ1v) is 10.6. The minimum Gasteiger partial charge on any atom is -0.313 e. The maximum atomic E-state index is 2.51. The summed E-state index contributed by atoms with van der Waals surface area (Å²) in [4.78, 5) is 0. The third kappa shape index (κ3) is 3.02. The molecule has 24 heavy (non-hydrogen) atoms. The first-order valence-electron chi connectivity index (χ1n) is 8.74. The Kier molecular flexibility index (Phi) is 4.68. The molecule has 2 aromatic carbocycles. The lowest BCUT2D eigenvalue weighted by Gasteiger charge is -2.25. The van der Waals surface area contributed by atoms with Gasteiger partial charge in [0.1, 0.15) is 0 Å². The normalized spacial score (nSPS) is 21.9. The highest BCUT2D eigenvalue weighted by Gasteiger charge is 2.27. The summed E-state index contributed by atoms with van der Waals surface area (Å²) in [5, 5.41) is 0. The molecule has 0 amide bonds. The molecule has 0 saturated heterocycles. The van der Waals surface area contributed by atoms with Gasteiger partial charge in [-0.1, -0.05) is 36.4 Å². The Bertz CT molecular complexity index is 657. The lowest BCUT2D eigenvalue weighted by Crippen LogP contribution is -2.24. The molecular weight excluding hydrogens is 332 g/mol. The van der Waals surface area contributed by atoms with Crippen molar-refractivity contribution in [2.75, 3.05) is 20.1 Å². The lowest BCUT2D eigenvalue weighted by molar-refractivity contribution is 0.793. The number of anilines is 2. The topological polar surface area (TPSA) is 6.48 Å². The Morgan fingerprint density at radius 2 is 1.17 bits per heavy atom. The first kappa shape index (κ1) is 16.2. The van der Waals surface area contributed by atoms with Crippen LogP contribution in [-0.4, -0.2) is 23.6 Å². The summed E-state index contributed by atoms with van der Waals surface area (Å²) in [6.07, 6.45) is 2.35. The molecule has 0 bridgehead atoms. The Labute approximate surface area is 153 Å². The van der Waals surface area contributed by atoms with Crippen LogP contribution in [0, 0.1) is 0 Å². The van der Waals surface area contributed by atoms with Crippen LogP contribution in [0.3, 0.4) is 0 Å². The zero-order valence-electron chi connectivity index (χ0n) is 14.3. The average Bonchev–Trinajstić information content (AvgIpc) is 3.08. The van der Waals surface area contributed by atoms with Crippen LogP contribution >= 0.6 is 23.9 Å². The van der Waals surface area contributed by atoms with Crippen molar-refractivity contribution in [3.05, 3.63) is 59.7 Å². The smallest absolute Gasteiger partial charge is 0.0505 e. The van der Waals surface area contributed by atoms with Gasteiger partial charge in [0.05, 0.1) is 11.4 Å². The van der Waals surface area contributed by atoms with Crippen molar-refractivity contribution in [2.45, 2.75) is 38.8 Å². The second-order valence-electron chi connectivity index (χ2n) is 6.68. The Morgan fingerprint density at radius 1 is 0.750 bits per heavy atom. The minimum absolute atomic E-state index is 0.601. The molecule has 2 nitrogen and oxygen atoms in total. The minimum atomic E-state index is 0.601. The van der Waals surface area contributed by atoms with E-state index >= 15 is 0 Å². The first-order chi connectivity index (χ1) is 11.7. The molecular formula is C20H24N2S2. The number of para-hydroxylation sites is 2. The van der Waals surface area contributed by atoms with Crippen molar-refractivity contribution in [1.29, 1.82) is 0 Å². The molecule has 2 aromatic rings. The average molecular weight is 357 g/mol. The second kappa shape index (κ2) is 6.93. The summed E-state index contributed by atoms with van der Waals surface area (Å²) >= 11 is 3.97. The van der Waals surface area contributed by atoms with Gasteiger partial charge in [0, 0.05) is 23.6 Å². The number of rotatable bonds is 5. The summed E-state index contributed by atoms with van der Waals surface area (Å²) in [6.45, 7) is 4.66. The van der Waals surface area contributed by atoms with E-state index in [1.54, 1.807) is 0 Å². The van der Waals surface area contributed by atoms with E-state index in [0.717, 1.165) is 11.5 Å². The van der Waals surface area contributed by atoms with Gasteiger partial charge in [-0.15, -0.1) is 0 Å². The van der Waals surface area contributed by atoms with Gasteiger partial charge in [0.2, 0.25) is 0 Å². The fraction of sp³-hybridized carbons (Fsp3) is 0.400. The Balaban J connectivity index is 1.33. The van der Waals surface area contributed by atoms with Crippen LogP contribution < -0.4 is 8.61 Å². The maximum absolute atomic E-state index is 2.51. The van der Waals surface area contributed by atoms with Crippen LogP contribution in [0.4, 0.5) is 11.4 Å². The number of benzene rings is 2. The van der Waals surface area contributed by atoms with Crippen LogP contribution in [-0.2, 0) is 12.8 Å². The molecule has 0 aliphatic carbocycles. The highest BCUT2D eigenvalue weighted by molar-refractivity contribution is 8.04. The zero-order valence-corrected chi connectivity index (χ0v) is 15.9. The molecule has 0 radical (unpaired) electrons. The summed E-state index contributed by atoms with van der Waals surface area (Å²) in [6, 6.07) is 18.9. The van der Waals surface area contributed by atoms with Crippen molar-refractivity contribution in [3.8, 4) is 0 Å². The largest absolute Gasteiger partial charge is 0.313 e. The SMILES string of the molecule is CC1Cc2ccccc2N1SCCSN1c2ccccc2CC1C.